The molecule has 3 rings (SSSR count). The highest BCUT2D eigenvalue weighted by Crippen LogP contribution is 2.21. The summed E-state index contributed by atoms with van der Waals surface area (Å²) < 4.78 is 19.6. The van der Waals surface area contributed by atoms with Crippen molar-refractivity contribution in [3.8, 4) is 5.75 Å². The molecule has 1 saturated carbocycles. The van der Waals surface area contributed by atoms with Crippen LogP contribution in [0.4, 0.5) is 4.39 Å². The highest BCUT2D eigenvalue weighted by molar-refractivity contribution is 5.32. The van der Waals surface area contributed by atoms with E-state index in [1.807, 2.05) is 43.3 Å². The molecule has 0 aliphatic heterocycles. The van der Waals surface area contributed by atoms with E-state index in [0.717, 1.165) is 23.4 Å². The molecule has 1 aliphatic rings. The number of para-hydroxylation sites is 1. The van der Waals surface area contributed by atoms with Gasteiger partial charge in [0.2, 0.25) is 0 Å². The molecule has 0 bridgehead atoms. The van der Waals surface area contributed by atoms with Crippen molar-refractivity contribution in [1.29, 1.82) is 0 Å². The van der Waals surface area contributed by atoms with Gasteiger partial charge in [0.15, 0.2) is 0 Å². The molecule has 0 unspecified atom stereocenters. The van der Waals surface area contributed by atoms with Gasteiger partial charge in [0, 0.05) is 18.2 Å². The van der Waals surface area contributed by atoms with Crippen molar-refractivity contribution in [2.24, 2.45) is 0 Å². The van der Waals surface area contributed by atoms with Crippen LogP contribution in [-0.4, -0.2) is 6.04 Å². The second-order valence-corrected chi connectivity index (χ2v) is 5.64. The Morgan fingerprint density at radius 2 is 2.00 bits per heavy atom. The average molecular weight is 285 g/mol. The Kier molecular flexibility index (Phi) is 4.20. The van der Waals surface area contributed by atoms with Gasteiger partial charge in [0.25, 0.3) is 0 Å². The minimum atomic E-state index is -0.209. The molecule has 110 valence electrons. The fourth-order valence-corrected chi connectivity index (χ4v) is 2.27. The Labute approximate surface area is 125 Å². The molecule has 0 amide bonds. The van der Waals surface area contributed by atoms with E-state index in [1.165, 1.54) is 18.9 Å². The maximum atomic E-state index is 13.9. The number of benzene rings is 2. The zero-order chi connectivity index (χ0) is 14.7. The van der Waals surface area contributed by atoms with Crippen LogP contribution in [0, 0.1) is 12.7 Å². The molecule has 0 radical (unpaired) electrons. The first-order chi connectivity index (χ1) is 10.2. The topological polar surface area (TPSA) is 21.3 Å². The molecule has 0 aromatic heterocycles. The average Bonchev–Trinajstić information content (AvgIpc) is 3.31. The van der Waals surface area contributed by atoms with E-state index in [0.29, 0.717) is 11.6 Å². The van der Waals surface area contributed by atoms with Crippen LogP contribution < -0.4 is 10.1 Å². The minimum absolute atomic E-state index is 0.209. The molecule has 21 heavy (non-hydrogen) atoms. The van der Waals surface area contributed by atoms with Crippen LogP contribution in [0.3, 0.4) is 0 Å². The van der Waals surface area contributed by atoms with Crippen molar-refractivity contribution in [3.05, 3.63) is 65.0 Å². The summed E-state index contributed by atoms with van der Waals surface area (Å²) >= 11 is 0. The summed E-state index contributed by atoms with van der Waals surface area (Å²) in [5.41, 5.74) is 2.77. The summed E-state index contributed by atoms with van der Waals surface area (Å²) in [6, 6.07) is 13.7. The Morgan fingerprint density at radius 3 is 2.76 bits per heavy atom. The fraction of sp³-hybridized carbons (Fsp3) is 0.333. The number of nitrogens with one attached hydrogen (secondary N) is 1. The van der Waals surface area contributed by atoms with Crippen molar-refractivity contribution < 1.29 is 9.13 Å². The van der Waals surface area contributed by atoms with Crippen LogP contribution in [-0.2, 0) is 13.2 Å². The van der Waals surface area contributed by atoms with E-state index in [1.54, 1.807) is 0 Å². The van der Waals surface area contributed by atoms with Gasteiger partial charge in [-0.2, -0.15) is 0 Å². The standard InChI is InChI=1S/C18H20FNO/c1-13-4-2-3-5-18(13)21-12-15-10-14(6-9-17(15)19)11-20-16-7-8-16/h2-6,9-10,16,20H,7-8,11-12H2,1H3. The van der Waals surface area contributed by atoms with Crippen LogP contribution in [0.1, 0.15) is 29.5 Å². The lowest BCUT2D eigenvalue weighted by molar-refractivity contribution is 0.297. The first kappa shape index (κ1) is 14.1. The molecule has 2 aromatic carbocycles. The van der Waals surface area contributed by atoms with Gasteiger partial charge in [-0.15, -0.1) is 0 Å². The van der Waals surface area contributed by atoms with E-state index >= 15 is 0 Å². The summed E-state index contributed by atoms with van der Waals surface area (Å²) in [4.78, 5) is 0. The molecule has 0 spiro atoms. The van der Waals surface area contributed by atoms with Crippen molar-refractivity contribution in [2.75, 3.05) is 0 Å². The van der Waals surface area contributed by atoms with Gasteiger partial charge >= 0.3 is 0 Å². The third kappa shape index (κ3) is 3.82. The lowest BCUT2D eigenvalue weighted by Crippen LogP contribution is -2.15. The molecule has 3 heteroatoms. The van der Waals surface area contributed by atoms with Crippen LogP contribution in [0.15, 0.2) is 42.5 Å². The molecule has 1 aliphatic carbocycles. The summed E-state index contributed by atoms with van der Waals surface area (Å²) in [6.45, 7) is 3.04. The van der Waals surface area contributed by atoms with Gasteiger partial charge < -0.3 is 10.1 Å². The quantitative estimate of drug-likeness (QED) is 0.867. The van der Waals surface area contributed by atoms with E-state index in [9.17, 15) is 4.39 Å². The van der Waals surface area contributed by atoms with Crippen molar-refractivity contribution in [3.63, 3.8) is 0 Å². The number of rotatable bonds is 6. The van der Waals surface area contributed by atoms with E-state index in [4.69, 9.17) is 4.74 Å². The van der Waals surface area contributed by atoms with Crippen LogP contribution >= 0.6 is 0 Å². The summed E-state index contributed by atoms with van der Waals surface area (Å²) in [5.74, 6) is 0.595. The molecule has 0 heterocycles. The molecular formula is C18H20FNO. The van der Waals surface area contributed by atoms with Gasteiger partial charge in [-0.3, -0.25) is 0 Å². The van der Waals surface area contributed by atoms with Gasteiger partial charge in [0.1, 0.15) is 18.2 Å². The molecule has 0 atom stereocenters. The fourth-order valence-electron chi connectivity index (χ4n) is 2.27. The molecule has 1 fully saturated rings. The van der Waals surface area contributed by atoms with Gasteiger partial charge in [-0.05, 0) is 49.1 Å². The number of halogens is 1. The van der Waals surface area contributed by atoms with Gasteiger partial charge in [0.05, 0.1) is 0 Å². The molecule has 2 nitrogen and oxygen atoms in total. The molecule has 0 saturated heterocycles. The molecule has 1 N–H and O–H groups in total. The SMILES string of the molecule is Cc1ccccc1OCc1cc(CNC2CC2)ccc1F. The normalized spacial score (nSPS) is 14.2. The Morgan fingerprint density at radius 1 is 1.19 bits per heavy atom. The maximum absolute atomic E-state index is 13.9. The number of ether oxygens (including phenoxy) is 1. The monoisotopic (exact) mass is 285 g/mol. The predicted molar refractivity (Wildman–Crippen MR) is 81.8 cm³/mol. The summed E-state index contributed by atoms with van der Waals surface area (Å²) in [5, 5.41) is 3.44. The highest BCUT2D eigenvalue weighted by atomic mass is 19.1. The van der Waals surface area contributed by atoms with Crippen LogP contribution in [0.2, 0.25) is 0 Å². The van der Waals surface area contributed by atoms with Crippen molar-refractivity contribution >= 4 is 0 Å². The smallest absolute Gasteiger partial charge is 0.129 e. The van der Waals surface area contributed by atoms with E-state index in [-0.39, 0.29) is 12.4 Å². The lowest BCUT2D eigenvalue weighted by Gasteiger charge is -2.11. The van der Waals surface area contributed by atoms with Crippen LogP contribution in [0.5, 0.6) is 5.75 Å². The third-order valence-electron chi connectivity index (χ3n) is 3.76. The zero-order valence-electron chi connectivity index (χ0n) is 12.2. The molecule has 2 aromatic rings. The first-order valence-electron chi connectivity index (χ1n) is 7.41. The Balaban J connectivity index is 1.65. The Hall–Kier alpha value is -1.87. The highest BCUT2D eigenvalue weighted by Gasteiger charge is 2.20. The van der Waals surface area contributed by atoms with Crippen molar-refractivity contribution in [2.45, 2.75) is 39.0 Å². The predicted octanol–water partition coefficient (Wildman–Crippen LogP) is 3.97. The van der Waals surface area contributed by atoms with E-state index < -0.39 is 0 Å². The van der Waals surface area contributed by atoms with Crippen LogP contribution in [0.25, 0.3) is 0 Å². The number of hydrogen-bond acceptors (Lipinski definition) is 2. The van der Waals surface area contributed by atoms with Gasteiger partial charge in [-0.1, -0.05) is 24.3 Å². The number of hydrogen-bond donors (Lipinski definition) is 1. The van der Waals surface area contributed by atoms with E-state index in [2.05, 4.69) is 5.32 Å². The summed E-state index contributed by atoms with van der Waals surface area (Å²) in [7, 11) is 0. The zero-order valence-corrected chi connectivity index (χ0v) is 12.2. The second kappa shape index (κ2) is 6.27. The van der Waals surface area contributed by atoms with Gasteiger partial charge in [-0.25, -0.2) is 4.39 Å². The van der Waals surface area contributed by atoms with Crippen molar-refractivity contribution in [1.82, 2.24) is 5.32 Å². The Bertz CT molecular complexity index is 622. The largest absolute Gasteiger partial charge is 0.489 e. The lowest BCUT2D eigenvalue weighted by atomic mass is 10.1. The molecular weight excluding hydrogens is 265 g/mol. The second-order valence-electron chi connectivity index (χ2n) is 5.64. The maximum Gasteiger partial charge on any atom is 0.129 e. The summed E-state index contributed by atoms with van der Waals surface area (Å²) in [6.07, 6.45) is 2.51. The third-order valence-corrected chi connectivity index (χ3v) is 3.76. The number of aryl methyl sites for hydroxylation is 1. The first-order valence-corrected chi connectivity index (χ1v) is 7.41. The minimum Gasteiger partial charge on any atom is -0.489 e.